The minimum absolute atomic E-state index is 0. The Kier molecular flexibility index (Phi) is 8.84. The zero-order valence-electron chi connectivity index (χ0n) is 7.10. The van der Waals surface area contributed by atoms with E-state index in [0.717, 1.165) is 0 Å². The fourth-order valence-electron chi connectivity index (χ4n) is 0.842. The number of carbonyl (C=O) groups is 2. The van der Waals surface area contributed by atoms with Gasteiger partial charge < -0.3 is 15.9 Å². The lowest BCUT2D eigenvalue weighted by Crippen LogP contribution is -2.23. The van der Waals surface area contributed by atoms with E-state index in [4.69, 9.17) is 15.9 Å². The number of halogens is 1. The quantitative estimate of drug-likeness (QED) is 0.593. The molecular weight excluding hydrogens is 198 g/mol. The van der Waals surface area contributed by atoms with Crippen molar-refractivity contribution in [1.29, 1.82) is 0 Å². The van der Waals surface area contributed by atoms with Crippen molar-refractivity contribution in [2.24, 2.45) is 5.73 Å². The third-order valence-corrected chi connectivity index (χ3v) is 1.40. The molecule has 0 fully saturated rings. The predicted octanol–water partition coefficient (Wildman–Crippen LogP) is 0.465. The predicted molar refractivity (Wildman–Crippen MR) is 49.0 cm³/mol. The molecule has 5 nitrogen and oxygen atoms in total. The Bertz CT molecular complexity index is 174. The molecule has 0 unspecified atom stereocenters. The summed E-state index contributed by atoms with van der Waals surface area (Å²) in [5.74, 6) is -1.82. The van der Waals surface area contributed by atoms with E-state index in [9.17, 15) is 9.59 Å². The summed E-state index contributed by atoms with van der Waals surface area (Å²) in [7, 11) is 0. The molecule has 0 amide bonds. The number of hydrogen-bond donors (Lipinski definition) is 3. The van der Waals surface area contributed by atoms with Crippen molar-refractivity contribution >= 4 is 24.3 Å². The highest BCUT2D eigenvalue weighted by Crippen LogP contribution is 2.01. The van der Waals surface area contributed by atoms with Crippen LogP contribution in [0.5, 0.6) is 0 Å². The summed E-state index contributed by atoms with van der Waals surface area (Å²) in [5.41, 5.74) is 5.39. The summed E-state index contributed by atoms with van der Waals surface area (Å²) in [4.78, 5) is 20.2. The lowest BCUT2D eigenvalue weighted by atomic mass is 10.1. The largest absolute Gasteiger partial charge is 0.481 e. The second kappa shape index (κ2) is 7.82. The van der Waals surface area contributed by atoms with Crippen molar-refractivity contribution in [3.8, 4) is 0 Å². The van der Waals surface area contributed by atoms with Crippen LogP contribution >= 0.6 is 12.4 Å². The molecule has 0 aromatic heterocycles. The summed E-state index contributed by atoms with van der Waals surface area (Å²) in [6.45, 7) is 0. The van der Waals surface area contributed by atoms with Gasteiger partial charge in [-0.15, -0.1) is 12.4 Å². The van der Waals surface area contributed by atoms with Crippen molar-refractivity contribution in [1.82, 2.24) is 0 Å². The molecule has 0 saturated carbocycles. The van der Waals surface area contributed by atoms with Gasteiger partial charge in [-0.2, -0.15) is 0 Å². The highest BCUT2D eigenvalue weighted by atomic mass is 35.5. The Balaban J connectivity index is 0. The molecule has 13 heavy (non-hydrogen) atoms. The van der Waals surface area contributed by atoms with Gasteiger partial charge in [0.1, 0.15) is 0 Å². The fourth-order valence-corrected chi connectivity index (χ4v) is 0.842. The van der Waals surface area contributed by atoms with Crippen LogP contribution in [0.25, 0.3) is 0 Å². The lowest BCUT2D eigenvalue weighted by molar-refractivity contribution is -0.137. The first-order valence-corrected chi connectivity index (χ1v) is 3.71. The molecule has 0 heterocycles. The van der Waals surface area contributed by atoms with E-state index in [1.165, 1.54) is 0 Å². The van der Waals surface area contributed by atoms with E-state index in [2.05, 4.69) is 0 Å². The highest BCUT2D eigenvalue weighted by molar-refractivity contribution is 5.85. The Hall–Kier alpha value is -0.810. The summed E-state index contributed by atoms with van der Waals surface area (Å²) in [5, 5.41) is 16.5. The summed E-state index contributed by atoms with van der Waals surface area (Å²) < 4.78 is 0. The monoisotopic (exact) mass is 211 g/mol. The molecule has 0 spiro atoms. The van der Waals surface area contributed by atoms with Crippen molar-refractivity contribution in [2.75, 3.05) is 0 Å². The minimum atomic E-state index is -0.946. The molecular formula is C7H14ClNO4. The van der Waals surface area contributed by atoms with E-state index in [1.807, 2.05) is 0 Å². The van der Waals surface area contributed by atoms with Crippen molar-refractivity contribution in [3.63, 3.8) is 0 Å². The average molecular weight is 212 g/mol. The summed E-state index contributed by atoms with van der Waals surface area (Å²) >= 11 is 0. The number of carboxylic acids is 2. The van der Waals surface area contributed by atoms with Gasteiger partial charge in [0.2, 0.25) is 0 Å². The third kappa shape index (κ3) is 11.2. The van der Waals surface area contributed by atoms with Gasteiger partial charge in [0.05, 0.1) is 6.42 Å². The zero-order valence-corrected chi connectivity index (χ0v) is 7.92. The van der Waals surface area contributed by atoms with Crippen molar-refractivity contribution in [3.05, 3.63) is 0 Å². The maximum atomic E-state index is 10.1. The third-order valence-electron chi connectivity index (χ3n) is 1.40. The molecule has 0 bridgehead atoms. The topological polar surface area (TPSA) is 101 Å². The van der Waals surface area contributed by atoms with Gasteiger partial charge in [0.25, 0.3) is 0 Å². The van der Waals surface area contributed by atoms with Gasteiger partial charge in [-0.1, -0.05) is 0 Å². The zero-order chi connectivity index (χ0) is 9.56. The van der Waals surface area contributed by atoms with Crippen LogP contribution in [-0.2, 0) is 9.59 Å². The highest BCUT2D eigenvalue weighted by Gasteiger charge is 2.08. The van der Waals surface area contributed by atoms with Crippen LogP contribution in [0.2, 0.25) is 0 Å². The molecule has 0 radical (unpaired) electrons. The maximum Gasteiger partial charge on any atom is 0.304 e. The molecule has 0 aliphatic carbocycles. The van der Waals surface area contributed by atoms with Gasteiger partial charge in [0.15, 0.2) is 0 Å². The molecule has 4 N–H and O–H groups in total. The van der Waals surface area contributed by atoms with Crippen LogP contribution in [0.15, 0.2) is 0 Å². The first-order chi connectivity index (χ1) is 5.52. The summed E-state index contributed by atoms with van der Waals surface area (Å²) in [6.07, 6.45) is 0.829. The van der Waals surface area contributed by atoms with E-state index >= 15 is 0 Å². The van der Waals surface area contributed by atoms with Crippen molar-refractivity contribution in [2.45, 2.75) is 31.7 Å². The van der Waals surface area contributed by atoms with Crippen LogP contribution in [0.3, 0.4) is 0 Å². The molecule has 0 aliphatic heterocycles. The first-order valence-electron chi connectivity index (χ1n) is 3.71. The molecule has 0 aromatic carbocycles. The second-order valence-electron chi connectivity index (χ2n) is 2.64. The number of carboxylic acid groups (broad SMARTS) is 2. The van der Waals surface area contributed by atoms with Crippen LogP contribution < -0.4 is 5.73 Å². The normalized spacial score (nSPS) is 11.5. The maximum absolute atomic E-state index is 10.1. The van der Waals surface area contributed by atoms with Crippen molar-refractivity contribution < 1.29 is 19.8 Å². The SMILES string of the molecule is Cl.N[C@@H](CCCC(=O)O)CC(=O)O. The molecule has 0 rings (SSSR count). The Morgan fingerprint density at radius 2 is 1.77 bits per heavy atom. The number of aliphatic carboxylic acids is 2. The lowest BCUT2D eigenvalue weighted by Gasteiger charge is -2.06. The van der Waals surface area contributed by atoms with E-state index in [1.54, 1.807) is 0 Å². The Morgan fingerprint density at radius 1 is 1.23 bits per heavy atom. The molecule has 0 saturated heterocycles. The number of hydrogen-bond acceptors (Lipinski definition) is 3. The summed E-state index contributed by atoms with van der Waals surface area (Å²) in [6, 6.07) is -0.429. The van der Waals surface area contributed by atoms with Gasteiger partial charge in [0, 0.05) is 12.5 Å². The standard InChI is InChI=1S/C7H13NO4.ClH/c8-5(4-7(11)12)2-1-3-6(9)10;/h5H,1-4,8H2,(H,9,10)(H,11,12);1H/t5-;/m0./s1. The van der Waals surface area contributed by atoms with Gasteiger partial charge >= 0.3 is 11.9 Å². The van der Waals surface area contributed by atoms with Crippen LogP contribution in [0.4, 0.5) is 0 Å². The van der Waals surface area contributed by atoms with Gasteiger partial charge in [-0.25, -0.2) is 0 Å². The minimum Gasteiger partial charge on any atom is -0.481 e. The number of rotatable bonds is 6. The van der Waals surface area contributed by atoms with E-state index in [-0.39, 0.29) is 25.2 Å². The average Bonchev–Trinajstić information content (AvgIpc) is 1.84. The van der Waals surface area contributed by atoms with E-state index < -0.39 is 18.0 Å². The van der Waals surface area contributed by atoms with Crippen LogP contribution in [-0.4, -0.2) is 28.2 Å². The first kappa shape index (κ1) is 14.7. The fraction of sp³-hybridized carbons (Fsp3) is 0.714. The molecule has 6 heteroatoms. The van der Waals surface area contributed by atoms with Crippen LogP contribution in [0.1, 0.15) is 25.7 Å². The molecule has 0 aromatic rings. The second-order valence-corrected chi connectivity index (χ2v) is 2.64. The smallest absolute Gasteiger partial charge is 0.304 e. The number of nitrogens with two attached hydrogens (primary N) is 1. The van der Waals surface area contributed by atoms with Gasteiger partial charge in [-0.3, -0.25) is 9.59 Å². The Labute approximate surface area is 82.3 Å². The molecule has 78 valence electrons. The molecule has 1 atom stereocenters. The molecule has 0 aliphatic rings. The van der Waals surface area contributed by atoms with E-state index in [0.29, 0.717) is 12.8 Å². The van der Waals surface area contributed by atoms with Crippen LogP contribution in [0, 0.1) is 0 Å². The van der Waals surface area contributed by atoms with Gasteiger partial charge in [-0.05, 0) is 12.8 Å². The Morgan fingerprint density at radius 3 is 2.15 bits per heavy atom.